The van der Waals surface area contributed by atoms with Crippen LogP contribution in [0.5, 0.6) is 11.5 Å². The predicted octanol–water partition coefficient (Wildman–Crippen LogP) is 5.96. The lowest BCUT2D eigenvalue weighted by atomic mass is 9.93. The molecule has 5 rings (SSSR count). The summed E-state index contributed by atoms with van der Waals surface area (Å²) in [4.78, 5) is 32.9. The van der Waals surface area contributed by atoms with E-state index in [-0.39, 0.29) is 30.2 Å². The maximum atomic E-state index is 14.2. The molecular formula is C33H30ClFN2O5S. The van der Waals surface area contributed by atoms with Gasteiger partial charge in [-0.1, -0.05) is 66.6 Å². The van der Waals surface area contributed by atoms with E-state index in [9.17, 15) is 14.0 Å². The van der Waals surface area contributed by atoms with Gasteiger partial charge in [0.2, 0.25) is 0 Å². The fourth-order valence-corrected chi connectivity index (χ4v) is 6.14. The fraction of sp³-hybridized carbons (Fsp3) is 0.242. The van der Waals surface area contributed by atoms with E-state index in [0.717, 1.165) is 12.0 Å². The summed E-state index contributed by atoms with van der Waals surface area (Å²) in [6.45, 7) is 4.13. The normalized spacial score (nSPS) is 14.7. The highest BCUT2D eigenvalue weighted by Crippen LogP contribution is 2.38. The highest BCUT2D eigenvalue weighted by molar-refractivity contribution is 7.07. The van der Waals surface area contributed by atoms with Crippen LogP contribution < -0.4 is 24.4 Å². The lowest BCUT2D eigenvalue weighted by Crippen LogP contribution is -2.40. The molecule has 0 saturated carbocycles. The number of methoxy groups -OCH3 is 1. The number of nitrogens with zero attached hydrogens (tertiary/aromatic N) is 2. The second-order valence-electron chi connectivity index (χ2n) is 9.75. The predicted molar refractivity (Wildman–Crippen MR) is 165 cm³/mol. The van der Waals surface area contributed by atoms with E-state index < -0.39 is 12.0 Å². The summed E-state index contributed by atoms with van der Waals surface area (Å²) in [6, 6.07) is 17.7. The average molecular weight is 621 g/mol. The van der Waals surface area contributed by atoms with Crippen LogP contribution >= 0.6 is 22.9 Å². The van der Waals surface area contributed by atoms with Crippen LogP contribution in [0.25, 0.3) is 6.08 Å². The average Bonchev–Trinajstić information content (AvgIpc) is 3.31. The van der Waals surface area contributed by atoms with Crippen LogP contribution in [-0.2, 0) is 16.1 Å². The summed E-state index contributed by atoms with van der Waals surface area (Å²) in [5.74, 6) is 0.171. The molecule has 10 heteroatoms. The Morgan fingerprint density at radius 3 is 2.58 bits per heavy atom. The van der Waals surface area contributed by atoms with Crippen molar-refractivity contribution >= 4 is 35.0 Å². The minimum absolute atomic E-state index is 0.167. The Balaban J connectivity index is 1.67. The molecule has 3 aromatic carbocycles. The third-order valence-corrected chi connectivity index (χ3v) is 8.11. The number of benzene rings is 3. The van der Waals surface area contributed by atoms with Gasteiger partial charge >= 0.3 is 5.97 Å². The zero-order chi connectivity index (χ0) is 30.5. The van der Waals surface area contributed by atoms with Gasteiger partial charge in [-0.25, -0.2) is 14.2 Å². The molecule has 2 heterocycles. The molecule has 4 aromatic rings. The standard InChI is InChI=1S/C33H30ClFN2O5S/c1-4-8-25-29(32(39)41-5-2)30(24-18-22(34)13-16-27(24)40-3)37-31(38)28(43-33(37)36-25)17-21-9-6-7-10-26(21)42-19-20-11-14-23(35)15-12-20/h6-7,9-18,30H,4-5,8,19H2,1-3H3/b28-17+/t30-/m0/s1. The van der Waals surface area contributed by atoms with Crippen LogP contribution in [0.1, 0.15) is 49.4 Å². The van der Waals surface area contributed by atoms with Gasteiger partial charge < -0.3 is 14.2 Å². The minimum Gasteiger partial charge on any atom is -0.496 e. The first-order valence-corrected chi connectivity index (χ1v) is 15.1. The Morgan fingerprint density at radius 2 is 1.86 bits per heavy atom. The first-order chi connectivity index (χ1) is 20.8. The molecule has 0 amide bonds. The molecule has 0 unspecified atom stereocenters. The largest absolute Gasteiger partial charge is 0.496 e. The Labute approximate surface area is 257 Å². The number of fused-ring (bicyclic) bond motifs is 1. The molecular weight excluding hydrogens is 591 g/mol. The Kier molecular flexibility index (Phi) is 9.43. The fourth-order valence-electron chi connectivity index (χ4n) is 4.95. The Bertz CT molecular complexity index is 1860. The van der Waals surface area contributed by atoms with Gasteiger partial charge in [0.15, 0.2) is 4.80 Å². The molecule has 43 heavy (non-hydrogen) atoms. The first-order valence-electron chi connectivity index (χ1n) is 13.9. The number of allylic oxidation sites excluding steroid dienone is 1. The van der Waals surface area contributed by atoms with Gasteiger partial charge in [-0.05, 0) is 61.4 Å². The summed E-state index contributed by atoms with van der Waals surface area (Å²) in [6.07, 6.45) is 3.00. The van der Waals surface area contributed by atoms with Crippen LogP contribution in [0.2, 0.25) is 5.02 Å². The summed E-state index contributed by atoms with van der Waals surface area (Å²) >= 11 is 7.65. The molecule has 0 radical (unpaired) electrons. The summed E-state index contributed by atoms with van der Waals surface area (Å²) in [5.41, 5.74) is 2.56. The molecule has 0 fully saturated rings. The van der Waals surface area contributed by atoms with Crippen LogP contribution in [0, 0.1) is 5.82 Å². The highest BCUT2D eigenvalue weighted by atomic mass is 35.5. The van der Waals surface area contributed by atoms with Crippen LogP contribution in [-0.4, -0.2) is 24.3 Å². The third kappa shape index (κ3) is 6.43. The van der Waals surface area contributed by atoms with E-state index in [1.165, 1.54) is 35.1 Å². The lowest BCUT2D eigenvalue weighted by molar-refractivity contribution is -0.139. The molecule has 1 aromatic heterocycles. The molecule has 1 aliphatic heterocycles. The number of thiazole rings is 1. The van der Waals surface area contributed by atoms with Crippen molar-refractivity contribution < 1.29 is 23.4 Å². The molecule has 222 valence electrons. The SMILES string of the molecule is CCCC1=C(C(=O)OCC)[C@H](c2cc(Cl)ccc2OC)n2c(s/c(=C/c3ccccc3OCc3ccc(F)cc3)c2=O)=N1. The molecule has 0 N–H and O–H groups in total. The smallest absolute Gasteiger partial charge is 0.338 e. The Morgan fingerprint density at radius 1 is 1.09 bits per heavy atom. The third-order valence-electron chi connectivity index (χ3n) is 6.89. The number of halogens is 2. The van der Waals surface area contributed by atoms with Crippen molar-refractivity contribution in [2.24, 2.45) is 4.99 Å². The zero-order valence-corrected chi connectivity index (χ0v) is 25.5. The number of hydrogen-bond donors (Lipinski definition) is 0. The second-order valence-corrected chi connectivity index (χ2v) is 11.2. The topological polar surface area (TPSA) is 79.1 Å². The van der Waals surface area contributed by atoms with Crippen molar-refractivity contribution in [3.63, 3.8) is 0 Å². The maximum Gasteiger partial charge on any atom is 0.338 e. The zero-order valence-electron chi connectivity index (χ0n) is 23.9. The van der Waals surface area contributed by atoms with E-state index in [1.807, 2.05) is 31.2 Å². The van der Waals surface area contributed by atoms with Crippen LogP contribution in [0.15, 0.2) is 87.8 Å². The van der Waals surface area contributed by atoms with E-state index in [4.69, 9.17) is 30.8 Å². The number of esters is 1. The van der Waals surface area contributed by atoms with E-state index >= 15 is 0 Å². The molecule has 0 aliphatic carbocycles. The molecule has 0 bridgehead atoms. The van der Waals surface area contributed by atoms with E-state index in [2.05, 4.69) is 0 Å². The van der Waals surface area contributed by atoms with Crippen molar-refractivity contribution in [2.45, 2.75) is 39.3 Å². The molecule has 1 atom stereocenters. The van der Waals surface area contributed by atoms with Gasteiger partial charge in [-0.2, -0.15) is 0 Å². The van der Waals surface area contributed by atoms with Gasteiger partial charge in [-0.3, -0.25) is 9.36 Å². The number of carbonyl (C=O) groups excluding carboxylic acids is 1. The van der Waals surface area contributed by atoms with Gasteiger partial charge in [0.05, 0.1) is 29.5 Å². The van der Waals surface area contributed by atoms with Gasteiger partial charge in [0.1, 0.15) is 30.0 Å². The second kappa shape index (κ2) is 13.4. The maximum absolute atomic E-state index is 14.2. The number of rotatable bonds is 10. The number of hydrogen-bond acceptors (Lipinski definition) is 7. The quantitative estimate of drug-likeness (QED) is 0.205. The number of aromatic nitrogens is 1. The highest BCUT2D eigenvalue weighted by Gasteiger charge is 2.36. The number of para-hydroxylation sites is 1. The number of ether oxygens (including phenoxy) is 3. The minimum atomic E-state index is -0.863. The molecule has 0 spiro atoms. The van der Waals surface area contributed by atoms with Crippen molar-refractivity contribution in [2.75, 3.05) is 13.7 Å². The van der Waals surface area contributed by atoms with Crippen molar-refractivity contribution in [1.82, 2.24) is 4.57 Å². The van der Waals surface area contributed by atoms with Crippen LogP contribution in [0.3, 0.4) is 0 Å². The van der Waals surface area contributed by atoms with Crippen molar-refractivity contribution in [1.29, 1.82) is 0 Å². The van der Waals surface area contributed by atoms with Crippen molar-refractivity contribution in [3.8, 4) is 11.5 Å². The summed E-state index contributed by atoms with van der Waals surface area (Å²) < 4.78 is 32.4. The van der Waals surface area contributed by atoms with E-state index in [1.54, 1.807) is 43.3 Å². The molecule has 7 nitrogen and oxygen atoms in total. The summed E-state index contributed by atoms with van der Waals surface area (Å²) in [5, 5.41) is 0.433. The van der Waals surface area contributed by atoms with Gasteiger partial charge in [0, 0.05) is 16.1 Å². The van der Waals surface area contributed by atoms with Crippen LogP contribution in [0.4, 0.5) is 4.39 Å². The van der Waals surface area contributed by atoms with Gasteiger partial charge in [-0.15, -0.1) is 0 Å². The van der Waals surface area contributed by atoms with E-state index in [0.29, 0.717) is 49.1 Å². The Hall–Kier alpha value is -4.21. The van der Waals surface area contributed by atoms with Gasteiger partial charge in [0.25, 0.3) is 5.56 Å². The molecule has 1 aliphatic rings. The number of carbonyl (C=O) groups is 1. The lowest BCUT2D eigenvalue weighted by Gasteiger charge is -2.27. The van der Waals surface area contributed by atoms with Crippen molar-refractivity contribution in [3.05, 3.63) is 125 Å². The summed E-state index contributed by atoms with van der Waals surface area (Å²) in [7, 11) is 1.53. The first kappa shape index (κ1) is 30.3. The monoisotopic (exact) mass is 620 g/mol. The molecule has 0 saturated heterocycles.